The Kier molecular flexibility index (Phi) is 5.69. The molecule has 2 aromatic rings. The Morgan fingerprint density at radius 1 is 1.16 bits per heavy atom. The molecule has 1 N–H and O–H groups in total. The number of carbonyl (C=O) groups excluding carboxylic acids is 2. The van der Waals surface area contributed by atoms with Gasteiger partial charge in [0.2, 0.25) is 0 Å². The van der Waals surface area contributed by atoms with Crippen molar-refractivity contribution in [2.24, 2.45) is 0 Å². The summed E-state index contributed by atoms with van der Waals surface area (Å²) in [5, 5.41) is 11.2. The molecule has 2 aliphatic rings. The zero-order valence-corrected chi connectivity index (χ0v) is 17.8. The summed E-state index contributed by atoms with van der Waals surface area (Å²) in [6, 6.07) is 11.7. The molecule has 0 aromatic heterocycles. The maximum atomic E-state index is 13.0. The van der Waals surface area contributed by atoms with Crippen molar-refractivity contribution >= 4 is 17.4 Å². The largest absolute Gasteiger partial charge is 0.507 e. The quantitative estimate of drug-likeness (QED) is 0.437. The Balaban J connectivity index is 1.81. The van der Waals surface area contributed by atoms with Gasteiger partial charge in [0.1, 0.15) is 23.4 Å². The number of hydrogen-bond acceptors (Lipinski definition) is 6. The van der Waals surface area contributed by atoms with Gasteiger partial charge in [0.05, 0.1) is 25.3 Å². The first-order valence-corrected chi connectivity index (χ1v) is 10.2. The van der Waals surface area contributed by atoms with E-state index in [4.69, 9.17) is 14.2 Å². The number of aliphatic hydroxyl groups excluding tert-OH is 1. The number of aliphatic hydroxyl groups is 1. The van der Waals surface area contributed by atoms with Gasteiger partial charge in [0.25, 0.3) is 11.7 Å². The number of methoxy groups -OCH3 is 2. The summed E-state index contributed by atoms with van der Waals surface area (Å²) in [5.41, 5.74) is 2.22. The fourth-order valence-electron chi connectivity index (χ4n) is 4.16. The molecule has 2 atom stereocenters. The Labute approximate surface area is 180 Å². The van der Waals surface area contributed by atoms with Crippen LogP contribution in [0.4, 0.5) is 0 Å². The van der Waals surface area contributed by atoms with Crippen molar-refractivity contribution in [1.82, 2.24) is 4.90 Å². The van der Waals surface area contributed by atoms with Gasteiger partial charge in [-0.1, -0.05) is 12.1 Å². The van der Waals surface area contributed by atoms with Gasteiger partial charge >= 0.3 is 0 Å². The van der Waals surface area contributed by atoms with E-state index in [0.717, 1.165) is 17.7 Å². The predicted molar refractivity (Wildman–Crippen MR) is 114 cm³/mol. The number of Topliss-reactive ketones (excluding diaryl/α,β-unsaturated/α-hetero) is 1. The first-order chi connectivity index (χ1) is 14.9. The van der Waals surface area contributed by atoms with E-state index < -0.39 is 17.7 Å². The molecule has 0 saturated carbocycles. The van der Waals surface area contributed by atoms with E-state index in [9.17, 15) is 14.7 Å². The SMILES string of the molecule is COCCN1C(=O)C(=O)/C(=C(/O)c2ccc3c(c2)C[C@@H](C)O3)[C@@H]1c1ccc(OC)cc1. The van der Waals surface area contributed by atoms with Crippen LogP contribution in [0, 0.1) is 0 Å². The van der Waals surface area contributed by atoms with Crippen LogP contribution in [0.25, 0.3) is 5.76 Å². The summed E-state index contributed by atoms with van der Waals surface area (Å²) in [6.07, 6.45) is 0.784. The Hall–Kier alpha value is -3.32. The van der Waals surface area contributed by atoms with Crippen LogP contribution < -0.4 is 9.47 Å². The maximum Gasteiger partial charge on any atom is 0.295 e. The van der Waals surface area contributed by atoms with E-state index in [1.807, 2.05) is 13.0 Å². The molecule has 31 heavy (non-hydrogen) atoms. The lowest BCUT2D eigenvalue weighted by Crippen LogP contribution is -2.32. The van der Waals surface area contributed by atoms with E-state index in [-0.39, 0.29) is 30.6 Å². The molecule has 162 valence electrons. The molecule has 0 spiro atoms. The number of likely N-dealkylation sites (tertiary alicyclic amines) is 1. The number of nitrogens with zero attached hydrogens (tertiary/aromatic N) is 1. The van der Waals surface area contributed by atoms with Crippen LogP contribution in [0.2, 0.25) is 0 Å². The van der Waals surface area contributed by atoms with Crippen LogP contribution in [0.15, 0.2) is 48.0 Å². The number of amides is 1. The number of carbonyl (C=O) groups is 2. The molecule has 0 aliphatic carbocycles. The van der Waals surface area contributed by atoms with Gasteiger partial charge in [-0.3, -0.25) is 9.59 Å². The third-order valence-electron chi connectivity index (χ3n) is 5.68. The number of hydrogen-bond donors (Lipinski definition) is 1. The molecular formula is C24H25NO6. The lowest BCUT2D eigenvalue weighted by molar-refractivity contribution is -0.140. The van der Waals surface area contributed by atoms with E-state index in [1.54, 1.807) is 43.5 Å². The van der Waals surface area contributed by atoms with Crippen molar-refractivity contribution in [1.29, 1.82) is 0 Å². The van der Waals surface area contributed by atoms with Gasteiger partial charge in [-0.2, -0.15) is 0 Å². The maximum absolute atomic E-state index is 13.0. The lowest BCUT2D eigenvalue weighted by Gasteiger charge is -2.25. The number of rotatable bonds is 6. The molecular weight excluding hydrogens is 398 g/mol. The minimum Gasteiger partial charge on any atom is -0.507 e. The van der Waals surface area contributed by atoms with Gasteiger partial charge in [-0.25, -0.2) is 0 Å². The monoisotopic (exact) mass is 423 g/mol. The average molecular weight is 423 g/mol. The smallest absolute Gasteiger partial charge is 0.295 e. The van der Waals surface area contributed by atoms with Crippen molar-refractivity contribution in [3.05, 3.63) is 64.7 Å². The van der Waals surface area contributed by atoms with Crippen molar-refractivity contribution in [3.63, 3.8) is 0 Å². The third kappa shape index (κ3) is 3.77. The Morgan fingerprint density at radius 2 is 1.90 bits per heavy atom. The second-order valence-corrected chi connectivity index (χ2v) is 7.71. The number of benzene rings is 2. The lowest BCUT2D eigenvalue weighted by atomic mass is 9.94. The van der Waals surface area contributed by atoms with Crippen LogP contribution in [0.5, 0.6) is 11.5 Å². The normalized spacial score (nSPS) is 21.8. The number of fused-ring (bicyclic) bond motifs is 1. The molecule has 7 heteroatoms. The van der Waals surface area contributed by atoms with Crippen LogP contribution in [0.3, 0.4) is 0 Å². The van der Waals surface area contributed by atoms with E-state index in [2.05, 4.69) is 0 Å². The van der Waals surface area contributed by atoms with Crippen molar-refractivity contribution in [2.45, 2.75) is 25.5 Å². The zero-order chi connectivity index (χ0) is 22.1. The molecule has 0 radical (unpaired) electrons. The molecule has 4 rings (SSSR count). The molecule has 7 nitrogen and oxygen atoms in total. The van der Waals surface area contributed by atoms with Gasteiger partial charge in [0.15, 0.2) is 0 Å². The predicted octanol–water partition coefficient (Wildman–Crippen LogP) is 3.09. The first-order valence-electron chi connectivity index (χ1n) is 10.2. The average Bonchev–Trinajstić information content (AvgIpc) is 3.27. The van der Waals surface area contributed by atoms with Gasteiger partial charge in [0, 0.05) is 25.6 Å². The highest BCUT2D eigenvalue weighted by Crippen LogP contribution is 2.40. The van der Waals surface area contributed by atoms with Crippen LogP contribution >= 0.6 is 0 Å². The van der Waals surface area contributed by atoms with Gasteiger partial charge in [-0.15, -0.1) is 0 Å². The standard InChI is InChI=1S/C24H25NO6/c1-14-12-17-13-16(6-9-19(17)31-14)22(26)20-21(15-4-7-18(30-3)8-5-15)25(10-11-29-2)24(28)23(20)27/h4-9,13-14,21,26H,10-12H2,1-3H3/b22-20+/t14-,21+/m1/s1. The highest BCUT2D eigenvalue weighted by atomic mass is 16.5. The summed E-state index contributed by atoms with van der Waals surface area (Å²) >= 11 is 0. The minimum atomic E-state index is -0.718. The van der Waals surface area contributed by atoms with E-state index in [1.165, 1.54) is 12.0 Å². The fourth-order valence-corrected chi connectivity index (χ4v) is 4.16. The van der Waals surface area contributed by atoms with Crippen LogP contribution in [-0.4, -0.2) is 55.2 Å². The molecule has 2 heterocycles. The molecule has 1 amide bonds. The minimum absolute atomic E-state index is 0.0614. The summed E-state index contributed by atoms with van der Waals surface area (Å²) in [5.74, 6) is -0.125. The second kappa shape index (κ2) is 8.43. The van der Waals surface area contributed by atoms with E-state index >= 15 is 0 Å². The van der Waals surface area contributed by atoms with Crippen molar-refractivity contribution < 1.29 is 28.9 Å². The Morgan fingerprint density at radius 3 is 2.58 bits per heavy atom. The molecule has 2 aromatic carbocycles. The molecule has 2 aliphatic heterocycles. The summed E-state index contributed by atoms with van der Waals surface area (Å²) in [7, 11) is 3.10. The van der Waals surface area contributed by atoms with Crippen molar-refractivity contribution in [2.75, 3.05) is 27.4 Å². The Bertz CT molecular complexity index is 1040. The van der Waals surface area contributed by atoms with Gasteiger partial charge in [-0.05, 0) is 48.4 Å². The third-order valence-corrected chi connectivity index (χ3v) is 5.68. The van der Waals surface area contributed by atoms with Crippen molar-refractivity contribution in [3.8, 4) is 11.5 Å². The highest BCUT2D eigenvalue weighted by molar-refractivity contribution is 6.46. The second-order valence-electron chi connectivity index (χ2n) is 7.71. The van der Waals surface area contributed by atoms with Crippen LogP contribution in [-0.2, 0) is 20.7 Å². The number of ether oxygens (including phenoxy) is 3. The fraction of sp³-hybridized carbons (Fsp3) is 0.333. The zero-order valence-electron chi connectivity index (χ0n) is 17.8. The molecule has 0 bridgehead atoms. The van der Waals surface area contributed by atoms with Crippen LogP contribution in [0.1, 0.15) is 29.7 Å². The summed E-state index contributed by atoms with van der Waals surface area (Å²) < 4.78 is 16.1. The van der Waals surface area contributed by atoms with Gasteiger partial charge < -0.3 is 24.2 Å². The molecule has 1 saturated heterocycles. The van der Waals surface area contributed by atoms with E-state index in [0.29, 0.717) is 16.9 Å². The number of ketones is 1. The molecule has 1 fully saturated rings. The summed E-state index contributed by atoms with van der Waals surface area (Å²) in [6.45, 7) is 2.47. The molecule has 0 unspecified atom stereocenters. The highest BCUT2D eigenvalue weighted by Gasteiger charge is 2.46. The summed E-state index contributed by atoms with van der Waals surface area (Å²) in [4.78, 5) is 27.3. The first kappa shape index (κ1) is 20.9. The topological polar surface area (TPSA) is 85.3 Å².